The van der Waals surface area contributed by atoms with Crippen LogP contribution in [0.2, 0.25) is 0 Å². The maximum Gasteiger partial charge on any atom is 0.309 e. The molecule has 1 aliphatic carbocycles. The Morgan fingerprint density at radius 1 is 1.20 bits per heavy atom. The van der Waals surface area contributed by atoms with Crippen molar-refractivity contribution in [2.75, 3.05) is 13.1 Å². The van der Waals surface area contributed by atoms with Gasteiger partial charge < -0.3 is 16.0 Å². The second-order valence-corrected chi connectivity index (χ2v) is 3.43. The van der Waals surface area contributed by atoms with E-state index in [1.54, 1.807) is 0 Å². The summed E-state index contributed by atoms with van der Waals surface area (Å²) in [4.78, 5) is 32.1. The molecule has 0 heterocycles. The lowest BCUT2D eigenvalue weighted by atomic mass is 10.4. The van der Waals surface area contributed by atoms with Crippen LogP contribution < -0.4 is 16.0 Å². The molecule has 84 valence electrons. The van der Waals surface area contributed by atoms with Crippen LogP contribution in [0.4, 0.5) is 0 Å². The zero-order valence-corrected chi connectivity index (χ0v) is 8.41. The van der Waals surface area contributed by atoms with Crippen LogP contribution in [0, 0.1) is 0 Å². The molecule has 1 saturated carbocycles. The highest BCUT2D eigenvalue weighted by atomic mass is 16.2. The quantitative estimate of drug-likeness (QED) is 0.285. The van der Waals surface area contributed by atoms with Crippen molar-refractivity contribution in [3.05, 3.63) is 0 Å². The van der Waals surface area contributed by atoms with E-state index in [4.69, 9.17) is 0 Å². The SMILES string of the molecule is O=CNCCCNC(=O)C(=O)NC1CC1. The molecule has 3 amide bonds. The van der Waals surface area contributed by atoms with Gasteiger partial charge in [0.1, 0.15) is 0 Å². The Kier molecular flexibility index (Phi) is 4.59. The van der Waals surface area contributed by atoms with E-state index in [1.807, 2.05) is 0 Å². The van der Waals surface area contributed by atoms with E-state index in [0.717, 1.165) is 12.8 Å². The third-order valence-corrected chi connectivity index (χ3v) is 1.99. The van der Waals surface area contributed by atoms with Crippen molar-refractivity contribution in [3.8, 4) is 0 Å². The summed E-state index contributed by atoms with van der Waals surface area (Å²) in [7, 11) is 0. The molecule has 6 nitrogen and oxygen atoms in total. The zero-order valence-electron chi connectivity index (χ0n) is 8.41. The van der Waals surface area contributed by atoms with Gasteiger partial charge in [-0.1, -0.05) is 0 Å². The van der Waals surface area contributed by atoms with Gasteiger partial charge in [0, 0.05) is 19.1 Å². The highest BCUT2D eigenvalue weighted by molar-refractivity contribution is 6.35. The minimum Gasteiger partial charge on any atom is -0.359 e. The molecule has 0 unspecified atom stereocenters. The molecule has 0 radical (unpaired) electrons. The lowest BCUT2D eigenvalue weighted by Gasteiger charge is -2.04. The van der Waals surface area contributed by atoms with Gasteiger partial charge in [-0.25, -0.2) is 0 Å². The van der Waals surface area contributed by atoms with Gasteiger partial charge in [-0.05, 0) is 19.3 Å². The third-order valence-electron chi connectivity index (χ3n) is 1.99. The third kappa shape index (κ3) is 4.99. The van der Waals surface area contributed by atoms with E-state index in [1.165, 1.54) is 0 Å². The van der Waals surface area contributed by atoms with Crippen LogP contribution in [-0.4, -0.2) is 37.4 Å². The second kappa shape index (κ2) is 6.00. The molecule has 0 bridgehead atoms. The van der Waals surface area contributed by atoms with Crippen LogP contribution in [0.25, 0.3) is 0 Å². The fourth-order valence-corrected chi connectivity index (χ4v) is 1.01. The number of carbonyl (C=O) groups is 3. The first kappa shape index (κ1) is 11.5. The van der Waals surface area contributed by atoms with Crippen molar-refractivity contribution in [2.45, 2.75) is 25.3 Å². The summed E-state index contributed by atoms with van der Waals surface area (Å²) in [5.74, 6) is -1.17. The molecule has 6 heteroatoms. The van der Waals surface area contributed by atoms with Crippen molar-refractivity contribution in [1.82, 2.24) is 16.0 Å². The van der Waals surface area contributed by atoms with Crippen LogP contribution >= 0.6 is 0 Å². The van der Waals surface area contributed by atoms with Crippen LogP contribution in [0.3, 0.4) is 0 Å². The van der Waals surface area contributed by atoms with Crippen LogP contribution in [0.15, 0.2) is 0 Å². The van der Waals surface area contributed by atoms with E-state index in [9.17, 15) is 14.4 Å². The normalized spacial score (nSPS) is 14.1. The molecule has 0 spiro atoms. The van der Waals surface area contributed by atoms with Crippen LogP contribution in [-0.2, 0) is 14.4 Å². The van der Waals surface area contributed by atoms with E-state index >= 15 is 0 Å². The average Bonchev–Trinajstić information content (AvgIpc) is 3.01. The minimum atomic E-state index is -0.604. The van der Waals surface area contributed by atoms with Gasteiger partial charge in [-0.15, -0.1) is 0 Å². The van der Waals surface area contributed by atoms with Gasteiger partial charge in [-0.3, -0.25) is 14.4 Å². The molecule has 1 fully saturated rings. The molecule has 0 aromatic heterocycles. The molecule has 1 rings (SSSR count). The van der Waals surface area contributed by atoms with Crippen molar-refractivity contribution in [3.63, 3.8) is 0 Å². The zero-order chi connectivity index (χ0) is 11.1. The Labute approximate surface area is 87.8 Å². The summed E-state index contributed by atoms with van der Waals surface area (Å²) in [5, 5.41) is 7.51. The van der Waals surface area contributed by atoms with Gasteiger partial charge in [-0.2, -0.15) is 0 Å². The highest BCUT2D eigenvalue weighted by Gasteiger charge is 2.25. The number of hydrogen-bond donors (Lipinski definition) is 3. The van der Waals surface area contributed by atoms with E-state index in [0.29, 0.717) is 25.9 Å². The molecule has 0 aromatic carbocycles. The Bertz CT molecular complexity index is 251. The summed E-state index contributed by atoms with van der Waals surface area (Å²) >= 11 is 0. The lowest BCUT2D eigenvalue weighted by Crippen LogP contribution is -2.41. The summed E-state index contributed by atoms with van der Waals surface area (Å²) < 4.78 is 0. The van der Waals surface area contributed by atoms with Crippen molar-refractivity contribution < 1.29 is 14.4 Å². The fraction of sp³-hybridized carbons (Fsp3) is 0.667. The molecule has 0 atom stereocenters. The number of hydrogen-bond acceptors (Lipinski definition) is 3. The molecule has 1 aliphatic rings. The van der Waals surface area contributed by atoms with Gasteiger partial charge in [0.2, 0.25) is 6.41 Å². The van der Waals surface area contributed by atoms with Gasteiger partial charge in [0.25, 0.3) is 0 Å². The number of rotatable bonds is 6. The topological polar surface area (TPSA) is 87.3 Å². The van der Waals surface area contributed by atoms with Gasteiger partial charge >= 0.3 is 11.8 Å². The molecule has 15 heavy (non-hydrogen) atoms. The summed E-state index contributed by atoms with van der Waals surface area (Å²) in [6, 6.07) is 0.194. The maximum absolute atomic E-state index is 11.1. The first-order valence-corrected chi connectivity index (χ1v) is 4.99. The Balaban J connectivity index is 2.01. The smallest absolute Gasteiger partial charge is 0.309 e. The molecule has 3 N–H and O–H groups in total. The van der Waals surface area contributed by atoms with Crippen LogP contribution in [0.1, 0.15) is 19.3 Å². The van der Waals surface area contributed by atoms with E-state index < -0.39 is 11.8 Å². The summed E-state index contributed by atoms with van der Waals surface area (Å²) in [6.07, 6.45) is 3.13. The summed E-state index contributed by atoms with van der Waals surface area (Å²) in [6.45, 7) is 0.881. The second-order valence-electron chi connectivity index (χ2n) is 3.43. The summed E-state index contributed by atoms with van der Waals surface area (Å²) in [5.41, 5.74) is 0. The predicted octanol–water partition coefficient (Wildman–Crippen LogP) is -1.48. The Morgan fingerprint density at radius 2 is 1.93 bits per heavy atom. The van der Waals surface area contributed by atoms with Crippen molar-refractivity contribution in [1.29, 1.82) is 0 Å². The molecular weight excluding hydrogens is 198 g/mol. The monoisotopic (exact) mass is 213 g/mol. The first-order valence-electron chi connectivity index (χ1n) is 4.99. The average molecular weight is 213 g/mol. The number of carbonyl (C=O) groups excluding carboxylic acids is 3. The van der Waals surface area contributed by atoms with E-state index in [2.05, 4.69) is 16.0 Å². The standard InChI is InChI=1S/C9H15N3O3/c13-6-10-4-1-5-11-8(14)9(15)12-7-2-3-7/h6-7H,1-5H2,(H,10,13)(H,11,14)(H,12,15). The van der Waals surface area contributed by atoms with Crippen LogP contribution in [0.5, 0.6) is 0 Å². The predicted molar refractivity (Wildman–Crippen MR) is 52.9 cm³/mol. The van der Waals surface area contributed by atoms with Crippen molar-refractivity contribution in [2.24, 2.45) is 0 Å². The van der Waals surface area contributed by atoms with Gasteiger partial charge in [0.05, 0.1) is 0 Å². The highest BCUT2D eigenvalue weighted by Crippen LogP contribution is 2.18. The Morgan fingerprint density at radius 3 is 2.53 bits per heavy atom. The first-order chi connectivity index (χ1) is 7.24. The van der Waals surface area contributed by atoms with E-state index in [-0.39, 0.29) is 6.04 Å². The largest absolute Gasteiger partial charge is 0.359 e. The van der Waals surface area contributed by atoms with Gasteiger partial charge in [0.15, 0.2) is 0 Å². The number of amides is 3. The molecular formula is C9H15N3O3. The molecule has 0 aliphatic heterocycles. The number of nitrogens with one attached hydrogen (secondary N) is 3. The lowest BCUT2D eigenvalue weighted by molar-refractivity contribution is -0.139. The fourth-order valence-electron chi connectivity index (χ4n) is 1.01. The molecule has 0 saturated heterocycles. The Hall–Kier alpha value is -1.59. The minimum absolute atomic E-state index is 0.194. The molecule has 0 aromatic rings. The maximum atomic E-state index is 11.1. The van der Waals surface area contributed by atoms with Crippen molar-refractivity contribution >= 4 is 18.2 Å².